The fourth-order valence-corrected chi connectivity index (χ4v) is 4.65. The Morgan fingerprint density at radius 3 is 2.52 bits per heavy atom. The van der Waals surface area contributed by atoms with Crippen molar-refractivity contribution in [3.63, 3.8) is 0 Å². The lowest BCUT2D eigenvalue weighted by molar-refractivity contribution is -0.139. The minimum Gasteiger partial charge on any atom is -0.481 e. The summed E-state index contributed by atoms with van der Waals surface area (Å²) in [4.78, 5) is 11.8. The number of rotatable bonds is 8. The van der Waals surface area contributed by atoms with E-state index in [0.717, 1.165) is 24.8 Å². The van der Waals surface area contributed by atoms with Crippen LogP contribution in [0.1, 0.15) is 41.9 Å². The van der Waals surface area contributed by atoms with Crippen molar-refractivity contribution in [3.05, 3.63) is 64.2 Å². The van der Waals surface area contributed by atoms with Crippen molar-refractivity contribution >= 4 is 27.6 Å². The molecule has 0 heterocycles. The van der Waals surface area contributed by atoms with Gasteiger partial charge in [0.1, 0.15) is 0 Å². The highest BCUT2D eigenvalue weighted by Gasteiger charge is 2.22. The molecule has 0 bridgehead atoms. The van der Waals surface area contributed by atoms with Gasteiger partial charge in [0.2, 0.25) is 10.0 Å². The molecule has 3 rings (SSSR count). The van der Waals surface area contributed by atoms with E-state index in [0.29, 0.717) is 17.9 Å². The third kappa shape index (κ3) is 4.89. The summed E-state index contributed by atoms with van der Waals surface area (Å²) in [6.45, 7) is 0.180. The number of nitrogens with one attached hydrogen (secondary N) is 1. The highest BCUT2D eigenvalue weighted by molar-refractivity contribution is 7.89. The van der Waals surface area contributed by atoms with Gasteiger partial charge in [-0.1, -0.05) is 29.8 Å². The molecule has 0 aromatic heterocycles. The van der Waals surface area contributed by atoms with E-state index < -0.39 is 21.9 Å². The van der Waals surface area contributed by atoms with E-state index in [2.05, 4.69) is 4.72 Å². The average molecular weight is 408 g/mol. The molecule has 5 nitrogen and oxygen atoms in total. The van der Waals surface area contributed by atoms with E-state index in [9.17, 15) is 18.3 Å². The number of benzene rings is 2. The lowest BCUT2D eigenvalue weighted by atomic mass is 9.92. The maximum atomic E-state index is 12.2. The second-order valence-electron chi connectivity index (χ2n) is 6.77. The molecule has 0 saturated heterocycles. The van der Waals surface area contributed by atoms with Crippen LogP contribution in [-0.4, -0.2) is 26.0 Å². The SMILES string of the molecule is O=C(O)C(CCCNS(=O)(=O)c1ccc(Cl)cc1)c1ccc2c(c1)CCC2. The first-order valence-corrected chi connectivity index (χ1v) is 10.8. The Labute approximate surface area is 164 Å². The van der Waals surface area contributed by atoms with Gasteiger partial charge in [-0.15, -0.1) is 0 Å². The number of carbonyl (C=O) groups is 1. The normalized spacial score (nSPS) is 14.7. The van der Waals surface area contributed by atoms with E-state index in [1.165, 1.54) is 35.4 Å². The summed E-state index contributed by atoms with van der Waals surface area (Å²) < 4.78 is 27.0. The number of carboxylic acids is 1. The predicted octanol–water partition coefficient (Wildman–Crippen LogP) is 3.76. The maximum absolute atomic E-state index is 12.2. The van der Waals surface area contributed by atoms with Crippen molar-refractivity contribution in [1.82, 2.24) is 4.72 Å². The zero-order chi connectivity index (χ0) is 19.4. The lowest BCUT2D eigenvalue weighted by Crippen LogP contribution is -2.25. The number of fused-ring (bicyclic) bond motifs is 1. The highest BCUT2D eigenvalue weighted by Crippen LogP contribution is 2.28. The summed E-state index contributed by atoms with van der Waals surface area (Å²) in [5.41, 5.74) is 3.34. The molecular formula is C20H22ClNO4S. The van der Waals surface area contributed by atoms with Crippen molar-refractivity contribution in [2.24, 2.45) is 0 Å². The quantitative estimate of drug-likeness (QED) is 0.652. The second kappa shape index (κ2) is 8.42. The average Bonchev–Trinajstić information content (AvgIpc) is 3.09. The molecule has 0 radical (unpaired) electrons. The van der Waals surface area contributed by atoms with Crippen LogP contribution in [0.3, 0.4) is 0 Å². The minimum absolute atomic E-state index is 0.139. The molecule has 0 fully saturated rings. The molecule has 2 aromatic carbocycles. The van der Waals surface area contributed by atoms with Gasteiger partial charge in [0.25, 0.3) is 0 Å². The Hall–Kier alpha value is -1.89. The molecule has 1 aliphatic carbocycles. The van der Waals surface area contributed by atoms with E-state index in [1.54, 1.807) is 0 Å². The maximum Gasteiger partial charge on any atom is 0.310 e. The first-order valence-electron chi connectivity index (χ1n) is 8.96. The largest absolute Gasteiger partial charge is 0.481 e. The van der Waals surface area contributed by atoms with E-state index in [1.807, 2.05) is 18.2 Å². The van der Waals surface area contributed by atoms with Gasteiger partial charge >= 0.3 is 5.97 Å². The van der Waals surface area contributed by atoms with Crippen LogP contribution in [0.25, 0.3) is 0 Å². The van der Waals surface area contributed by atoms with Crippen LogP contribution in [0, 0.1) is 0 Å². The summed E-state index contributed by atoms with van der Waals surface area (Å²) in [6.07, 6.45) is 3.97. The molecule has 2 N–H and O–H groups in total. The van der Waals surface area contributed by atoms with Crippen LogP contribution >= 0.6 is 11.6 Å². The number of sulfonamides is 1. The number of aryl methyl sites for hydroxylation is 2. The van der Waals surface area contributed by atoms with E-state index in [-0.39, 0.29) is 11.4 Å². The predicted molar refractivity (Wildman–Crippen MR) is 105 cm³/mol. The molecule has 1 atom stereocenters. The van der Waals surface area contributed by atoms with Gasteiger partial charge in [0, 0.05) is 11.6 Å². The Kier molecular flexibility index (Phi) is 6.19. The third-order valence-corrected chi connectivity index (χ3v) is 6.64. The van der Waals surface area contributed by atoms with Crippen molar-refractivity contribution in [1.29, 1.82) is 0 Å². The number of hydrogen-bond donors (Lipinski definition) is 2. The lowest BCUT2D eigenvalue weighted by Gasteiger charge is -2.14. The number of aliphatic carboxylic acids is 1. The molecule has 0 aliphatic heterocycles. The zero-order valence-corrected chi connectivity index (χ0v) is 16.4. The fraction of sp³-hybridized carbons (Fsp3) is 0.350. The van der Waals surface area contributed by atoms with Gasteiger partial charge < -0.3 is 5.11 Å². The number of carboxylic acid groups (broad SMARTS) is 1. The summed E-state index contributed by atoms with van der Waals surface area (Å²) in [6, 6.07) is 11.8. The molecule has 7 heteroatoms. The molecule has 0 amide bonds. The standard InChI is InChI=1S/C20H22ClNO4S/c21-17-8-10-18(11-9-17)27(25,26)22-12-2-5-19(20(23)24)16-7-6-14-3-1-4-15(14)13-16/h6-11,13,19,22H,1-5,12H2,(H,23,24). The van der Waals surface area contributed by atoms with Gasteiger partial charge in [-0.3, -0.25) is 4.79 Å². The van der Waals surface area contributed by atoms with Crippen molar-refractivity contribution in [2.75, 3.05) is 6.54 Å². The topological polar surface area (TPSA) is 83.5 Å². The summed E-state index contributed by atoms with van der Waals surface area (Å²) in [5, 5.41) is 10.1. The Balaban J connectivity index is 1.59. The van der Waals surface area contributed by atoms with Crippen LogP contribution in [0.4, 0.5) is 0 Å². The molecular weight excluding hydrogens is 386 g/mol. The number of halogens is 1. The monoisotopic (exact) mass is 407 g/mol. The van der Waals surface area contributed by atoms with Crippen LogP contribution < -0.4 is 4.72 Å². The summed E-state index contributed by atoms with van der Waals surface area (Å²) in [5.74, 6) is -1.51. The van der Waals surface area contributed by atoms with Crippen LogP contribution in [0.2, 0.25) is 5.02 Å². The Morgan fingerprint density at radius 1 is 1.11 bits per heavy atom. The molecule has 144 valence electrons. The van der Waals surface area contributed by atoms with Gasteiger partial charge in [-0.2, -0.15) is 0 Å². The van der Waals surface area contributed by atoms with E-state index in [4.69, 9.17) is 11.6 Å². The summed E-state index contributed by atoms with van der Waals surface area (Å²) in [7, 11) is -3.62. The molecule has 2 aromatic rings. The highest BCUT2D eigenvalue weighted by atomic mass is 35.5. The van der Waals surface area contributed by atoms with Crippen LogP contribution in [-0.2, 0) is 27.7 Å². The third-order valence-electron chi connectivity index (χ3n) is 4.91. The van der Waals surface area contributed by atoms with Gasteiger partial charge in [-0.05, 0) is 73.1 Å². The van der Waals surface area contributed by atoms with Crippen molar-refractivity contribution in [2.45, 2.75) is 42.9 Å². The smallest absolute Gasteiger partial charge is 0.310 e. The van der Waals surface area contributed by atoms with Crippen molar-refractivity contribution in [3.8, 4) is 0 Å². The zero-order valence-electron chi connectivity index (χ0n) is 14.8. The number of hydrogen-bond acceptors (Lipinski definition) is 3. The molecule has 27 heavy (non-hydrogen) atoms. The Bertz CT molecular complexity index is 925. The van der Waals surface area contributed by atoms with Gasteiger partial charge in [0.05, 0.1) is 10.8 Å². The van der Waals surface area contributed by atoms with Crippen LogP contribution in [0.15, 0.2) is 47.4 Å². The summed E-state index contributed by atoms with van der Waals surface area (Å²) >= 11 is 5.78. The van der Waals surface area contributed by atoms with Gasteiger partial charge in [0.15, 0.2) is 0 Å². The van der Waals surface area contributed by atoms with Crippen molar-refractivity contribution < 1.29 is 18.3 Å². The molecule has 1 unspecified atom stereocenters. The molecule has 0 spiro atoms. The second-order valence-corrected chi connectivity index (χ2v) is 8.97. The van der Waals surface area contributed by atoms with Gasteiger partial charge in [-0.25, -0.2) is 13.1 Å². The molecule has 0 saturated carbocycles. The minimum atomic E-state index is -3.62. The first kappa shape index (κ1) is 19.9. The van der Waals surface area contributed by atoms with Crippen LogP contribution in [0.5, 0.6) is 0 Å². The fourth-order valence-electron chi connectivity index (χ4n) is 3.45. The van der Waals surface area contributed by atoms with E-state index >= 15 is 0 Å². The Morgan fingerprint density at radius 2 is 1.81 bits per heavy atom. The molecule has 1 aliphatic rings. The first-order chi connectivity index (χ1) is 12.9.